The van der Waals surface area contributed by atoms with Gasteiger partial charge in [-0.2, -0.15) is 18.4 Å². The van der Waals surface area contributed by atoms with Gasteiger partial charge in [-0.1, -0.05) is 0 Å². The fourth-order valence-electron chi connectivity index (χ4n) is 2.65. The van der Waals surface area contributed by atoms with Crippen LogP contribution >= 0.6 is 0 Å². The summed E-state index contributed by atoms with van der Waals surface area (Å²) in [5, 5.41) is 18.8. The molecule has 14 heteroatoms. The first-order valence-electron chi connectivity index (χ1n) is 8.82. The van der Waals surface area contributed by atoms with Crippen LogP contribution < -0.4 is 4.90 Å². The van der Waals surface area contributed by atoms with Gasteiger partial charge in [-0.05, 0) is 0 Å². The smallest absolute Gasteiger partial charge is 0.166 e. The first-order chi connectivity index (χ1) is 15.1. The predicted molar refractivity (Wildman–Crippen MR) is 105 cm³/mol. The first-order valence-corrected chi connectivity index (χ1v) is 11.1. The Kier molecular flexibility index (Phi) is 10.7. The van der Waals surface area contributed by atoms with Gasteiger partial charge < -0.3 is 0 Å². The number of rotatable bonds is 6. The van der Waals surface area contributed by atoms with Crippen molar-refractivity contribution in [3.05, 3.63) is 70.1 Å². The van der Waals surface area contributed by atoms with Crippen molar-refractivity contribution >= 4 is 43.5 Å². The van der Waals surface area contributed by atoms with Crippen molar-refractivity contribution in [1.29, 1.82) is 5.26 Å². The van der Waals surface area contributed by atoms with E-state index in [1.807, 2.05) is 0 Å². The molecular weight excluding hydrogens is 891 g/mol. The zero-order valence-corrected chi connectivity index (χ0v) is 25.5. The van der Waals surface area contributed by atoms with Crippen LogP contribution in [0.1, 0.15) is 22.3 Å². The molecule has 34 heavy (non-hydrogen) atoms. The van der Waals surface area contributed by atoms with Crippen LogP contribution in [0.5, 0.6) is 0 Å². The monoisotopic (exact) mass is 902 g/mol. The molecule has 2 rings (SSSR count). The predicted octanol–water partition coefficient (Wildman–Crippen LogP) is 5.13. The molecule has 0 fully saturated rings. The Morgan fingerprint density at radius 2 is 1.71 bits per heavy atom. The SMILES string of the molecule is N#Cc1ccc(N(CC(=[N-])N=[C-]c2cccc([C](F)(F)[Tl])c2)CC(F)(F)F)cc1C(F)(F)F.[U+2]. The van der Waals surface area contributed by atoms with Gasteiger partial charge in [0.05, 0.1) is 11.6 Å². The van der Waals surface area contributed by atoms with Crippen molar-refractivity contribution in [2.24, 2.45) is 4.99 Å². The summed E-state index contributed by atoms with van der Waals surface area (Å²) in [5.74, 6) is -0.956. The van der Waals surface area contributed by atoms with Crippen molar-refractivity contribution in [1.82, 2.24) is 0 Å². The second-order valence-corrected chi connectivity index (χ2v) is 9.47. The maximum atomic E-state index is 13.5. The molecule has 0 spiro atoms. The minimum Gasteiger partial charge on any atom is -0.166 e. The van der Waals surface area contributed by atoms with E-state index in [1.165, 1.54) is 24.3 Å². The van der Waals surface area contributed by atoms with Crippen molar-refractivity contribution in [2.45, 2.75) is 15.8 Å². The number of nitrogens with zero attached hydrogens (tertiary/aromatic N) is 4. The number of aliphatic imine (C=N–C) groups is 1. The quantitative estimate of drug-likeness (QED) is 0.133. The second kappa shape index (κ2) is 11.9. The van der Waals surface area contributed by atoms with E-state index in [9.17, 15) is 40.5 Å². The van der Waals surface area contributed by atoms with Crippen molar-refractivity contribution in [2.75, 3.05) is 18.0 Å². The van der Waals surface area contributed by atoms with E-state index in [1.54, 1.807) is 0 Å². The number of alkyl halides is 8. The number of amidine groups is 1. The molecule has 0 aliphatic heterocycles. The number of hydrogen-bond acceptors (Lipinski definition) is 2. The van der Waals surface area contributed by atoms with Crippen LogP contribution in [0, 0.1) is 42.4 Å². The third-order valence-corrected chi connectivity index (χ3v) is 5.35. The number of anilines is 1. The van der Waals surface area contributed by atoms with Gasteiger partial charge in [0.1, 0.15) is 0 Å². The average Bonchev–Trinajstić information content (AvgIpc) is 2.69. The van der Waals surface area contributed by atoms with Crippen molar-refractivity contribution in [3.63, 3.8) is 0 Å². The summed E-state index contributed by atoms with van der Waals surface area (Å²) in [6, 6.07) is 8.08. The molecule has 0 unspecified atom stereocenters. The normalized spacial score (nSPS) is 12.2. The Hall–Kier alpha value is -1.52. The second-order valence-electron chi connectivity index (χ2n) is 6.65. The van der Waals surface area contributed by atoms with Gasteiger partial charge in [-0.15, -0.1) is 0 Å². The van der Waals surface area contributed by atoms with Crippen LogP contribution in [-0.2, 0) is 9.66 Å². The minimum absolute atomic E-state index is 0. The number of halogens is 8. The van der Waals surface area contributed by atoms with Gasteiger partial charge in [0, 0.05) is 0 Å². The Balaban J connectivity index is 0.00000578. The van der Waals surface area contributed by atoms with Gasteiger partial charge in [0.25, 0.3) is 0 Å². The van der Waals surface area contributed by atoms with E-state index >= 15 is 0 Å². The molecule has 0 radical (unpaired) electrons. The Morgan fingerprint density at radius 3 is 2.24 bits per heavy atom. The molecular formula is C20H11F8N4TlU. The van der Waals surface area contributed by atoms with Crippen LogP contribution in [0.2, 0.25) is 0 Å². The van der Waals surface area contributed by atoms with E-state index in [-0.39, 0.29) is 42.2 Å². The van der Waals surface area contributed by atoms with Crippen LogP contribution in [0.3, 0.4) is 0 Å². The molecule has 0 aromatic heterocycles. The summed E-state index contributed by atoms with van der Waals surface area (Å²) < 4.78 is 102. The molecule has 0 bridgehead atoms. The summed E-state index contributed by atoms with van der Waals surface area (Å²) in [7, 11) is 0. The number of benzene rings is 2. The molecule has 174 valence electrons. The van der Waals surface area contributed by atoms with Gasteiger partial charge in [0.2, 0.25) is 0 Å². The third-order valence-electron chi connectivity index (χ3n) is 4.06. The van der Waals surface area contributed by atoms with Crippen molar-refractivity contribution < 1.29 is 66.2 Å². The van der Waals surface area contributed by atoms with Gasteiger partial charge in [-0.3, -0.25) is 0 Å². The molecule has 0 heterocycles. The zero-order chi connectivity index (χ0) is 25.0. The Labute approximate surface area is 228 Å². The average molecular weight is 902 g/mol. The van der Waals surface area contributed by atoms with Crippen LogP contribution in [0.4, 0.5) is 40.8 Å². The summed E-state index contributed by atoms with van der Waals surface area (Å²) in [6.45, 7) is -2.70. The van der Waals surface area contributed by atoms with E-state index in [0.717, 1.165) is 12.1 Å². The van der Waals surface area contributed by atoms with E-state index in [2.05, 4.69) is 11.2 Å². The van der Waals surface area contributed by atoms with Gasteiger partial charge in [0.15, 0.2) is 0 Å². The molecule has 4 nitrogen and oxygen atoms in total. The fraction of sp³-hybridized carbons (Fsp3) is 0.250. The molecule has 0 saturated heterocycles. The standard InChI is InChI=1S/C20H11F8N4.Tl.U/c21-18(22)13-3-1-2-12(6-13)9-31-17(30)10-32(11-19(23,24)25)15-5-4-14(8-29)16(7-15)20(26,27)28;;/h1-7H,10-11H2;;/q-2;;+2. The molecule has 0 amide bonds. The summed E-state index contributed by atoms with van der Waals surface area (Å²) in [5.41, 5.74) is -3.10. The minimum atomic E-state index is -5.00. The van der Waals surface area contributed by atoms with E-state index in [0.29, 0.717) is 17.0 Å². The van der Waals surface area contributed by atoms with Crippen LogP contribution in [-0.4, -0.2) is 57.1 Å². The molecule has 0 aliphatic rings. The Morgan fingerprint density at radius 1 is 1.06 bits per heavy atom. The van der Waals surface area contributed by atoms with Gasteiger partial charge in [-0.25, -0.2) is 0 Å². The van der Waals surface area contributed by atoms with Crippen molar-refractivity contribution in [3.8, 4) is 6.07 Å². The maximum absolute atomic E-state index is 13.5. The van der Waals surface area contributed by atoms with Crippen LogP contribution in [0.25, 0.3) is 5.41 Å². The third kappa shape index (κ3) is 9.26. The number of nitriles is 1. The number of hydrogen-bond donors (Lipinski definition) is 0. The van der Waals surface area contributed by atoms with Gasteiger partial charge >= 0.3 is 200 Å². The van der Waals surface area contributed by atoms with E-state index in [4.69, 9.17) is 5.26 Å². The summed E-state index contributed by atoms with van der Waals surface area (Å²) >= 11 is -0.695. The molecule has 0 N–H and O–H groups in total. The molecule has 0 saturated carbocycles. The summed E-state index contributed by atoms with van der Waals surface area (Å²) in [6.07, 6.45) is -7.63. The topological polar surface area (TPSA) is 61.7 Å². The first kappa shape index (κ1) is 30.5. The van der Waals surface area contributed by atoms with E-state index < -0.39 is 77.3 Å². The Bertz CT molecular complexity index is 1090. The molecule has 2 aromatic rings. The summed E-state index contributed by atoms with van der Waals surface area (Å²) in [4.78, 5) is 3.80. The zero-order valence-electron chi connectivity index (χ0n) is 16.8. The molecule has 0 atom stereocenters. The molecule has 2 aromatic carbocycles. The van der Waals surface area contributed by atoms with Crippen LogP contribution in [0.15, 0.2) is 47.5 Å². The molecule has 0 aliphatic carbocycles. The fourth-order valence-corrected chi connectivity index (χ4v) is 3.35.